The Hall–Kier alpha value is -3.68. The Kier molecular flexibility index (Phi) is 5.58. The summed E-state index contributed by atoms with van der Waals surface area (Å²) in [5.41, 5.74) is 3.12. The van der Waals surface area contributed by atoms with E-state index >= 15 is 0 Å². The fraction of sp³-hybridized carbons (Fsp3) is 0.360. The topological polar surface area (TPSA) is 87.4 Å². The first-order valence-electron chi connectivity index (χ1n) is 11.1. The lowest BCUT2D eigenvalue weighted by molar-refractivity contribution is -0.143. The lowest BCUT2D eigenvalue weighted by atomic mass is 9.99. The van der Waals surface area contributed by atoms with E-state index in [0.717, 1.165) is 28.0 Å². The van der Waals surface area contributed by atoms with Crippen molar-refractivity contribution in [1.29, 1.82) is 0 Å². The van der Waals surface area contributed by atoms with Crippen molar-refractivity contribution in [2.75, 3.05) is 31.5 Å². The van der Waals surface area contributed by atoms with Crippen LogP contribution in [0.25, 0.3) is 11.0 Å². The zero-order valence-electron chi connectivity index (χ0n) is 18.6. The molecular weight excluding hydrogens is 426 g/mol. The van der Waals surface area contributed by atoms with Crippen LogP contribution in [0.15, 0.2) is 39.5 Å². The van der Waals surface area contributed by atoms with Gasteiger partial charge in [-0.3, -0.25) is 4.79 Å². The second-order valence-corrected chi connectivity index (χ2v) is 8.02. The van der Waals surface area contributed by atoms with Gasteiger partial charge < -0.3 is 28.3 Å². The van der Waals surface area contributed by atoms with Crippen molar-refractivity contribution in [3.8, 4) is 17.2 Å². The number of ether oxygens (including phenoxy) is 4. The van der Waals surface area contributed by atoms with E-state index in [1.165, 1.54) is 0 Å². The molecule has 0 fully saturated rings. The quantitative estimate of drug-likeness (QED) is 0.428. The molecule has 0 amide bonds. The Bertz CT molecular complexity index is 1280. The highest BCUT2D eigenvalue weighted by Gasteiger charge is 2.25. The molecule has 2 aromatic carbocycles. The number of fused-ring (bicyclic) bond motifs is 4. The van der Waals surface area contributed by atoms with Gasteiger partial charge in [0.2, 0.25) is 0 Å². The third-order valence-electron chi connectivity index (χ3n) is 6.02. The highest BCUT2D eigenvalue weighted by molar-refractivity contribution is 5.86. The van der Waals surface area contributed by atoms with E-state index in [1.807, 2.05) is 42.2 Å². The lowest BCUT2D eigenvalue weighted by Crippen LogP contribution is -2.32. The normalized spacial score (nSPS) is 14.5. The van der Waals surface area contributed by atoms with Gasteiger partial charge in [0.15, 0.2) is 18.2 Å². The van der Waals surface area contributed by atoms with E-state index in [-0.39, 0.29) is 18.8 Å². The lowest BCUT2D eigenvalue weighted by Gasteiger charge is -2.32. The number of benzene rings is 2. The number of aryl methyl sites for hydroxylation is 1. The average Bonchev–Trinajstić information content (AvgIpc) is 2.83. The van der Waals surface area contributed by atoms with Crippen LogP contribution in [0, 0.1) is 6.92 Å². The van der Waals surface area contributed by atoms with Crippen molar-refractivity contribution in [2.24, 2.45) is 0 Å². The van der Waals surface area contributed by atoms with Gasteiger partial charge in [-0.2, -0.15) is 0 Å². The first-order chi connectivity index (χ1) is 16.0. The Morgan fingerprint density at radius 1 is 1.06 bits per heavy atom. The molecular formula is C25H25NO7. The van der Waals surface area contributed by atoms with E-state index in [9.17, 15) is 9.59 Å². The molecule has 5 rings (SSSR count). The molecule has 0 radical (unpaired) electrons. The molecule has 0 spiro atoms. The summed E-state index contributed by atoms with van der Waals surface area (Å²) >= 11 is 0. The fourth-order valence-electron chi connectivity index (χ4n) is 4.30. The fourth-order valence-corrected chi connectivity index (χ4v) is 4.30. The summed E-state index contributed by atoms with van der Waals surface area (Å²) in [6.07, 6.45) is 0.413. The molecule has 0 aliphatic carbocycles. The zero-order chi connectivity index (χ0) is 22.9. The van der Waals surface area contributed by atoms with Crippen molar-refractivity contribution in [3.05, 3.63) is 57.4 Å². The van der Waals surface area contributed by atoms with E-state index in [4.69, 9.17) is 23.4 Å². The third-order valence-corrected chi connectivity index (χ3v) is 6.02. The summed E-state index contributed by atoms with van der Waals surface area (Å²) in [5, 5.41) is 0.833. The number of esters is 1. The van der Waals surface area contributed by atoms with Gasteiger partial charge in [-0.25, -0.2) is 4.79 Å². The van der Waals surface area contributed by atoms with Crippen LogP contribution in [0.5, 0.6) is 17.2 Å². The second kappa shape index (κ2) is 8.69. The van der Waals surface area contributed by atoms with Crippen LogP contribution >= 0.6 is 0 Å². The van der Waals surface area contributed by atoms with Gasteiger partial charge in [0.1, 0.15) is 24.5 Å². The number of nitrogens with zero attached hydrogens (tertiary/aromatic N) is 1. The second-order valence-electron chi connectivity index (χ2n) is 8.02. The number of rotatable bonds is 5. The maximum atomic E-state index is 12.8. The van der Waals surface area contributed by atoms with Crippen LogP contribution in [-0.2, 0) is 22.5 Å². The van der Waals surface area contributed by atoms with Gasteiger partial charge in [-0.1, -0.05) is 0 Å². The molecule has 8 heteroatoms. The zero-order valence-corrected chi connectivity index (χ0v) is 18.6. The SMILES string of the molecule is CCOC(=O)CCc1c(C)c2ccc3c(c2oc1=O)CN(c1ccc2c(c1)OCCO2)CO3. The van der Waals surface area contributed by atoms with E-state index in [0.29, 0.717) is 55.7 Å². The molecule has 0 saturated heterocycles. The smallest absolute Gasteiger partial charge is 0.339 e. The minimum atomic E-state index is -0.436. The van der Waals surface area contributed by atoms with Crippen LogP contribution in [0.1, 0.15) is 30.0 Å². The largest absolute Gasteiger partial charge is 0.486 e. The molecule has 3 heterocycles. The van der Waals surface area contributed by atoms with Crippen LogP contribution in [0.4, 0.5) is 5.69 Å². The molecule has 0 saturated carbocycles. The molecule has 33 heavy (non-hydrogen) atoms. The molecule has 2 aliphatic heterocycles. The van der Waals surface area contributed by atoms with E-state index in [1.54, 1.807) is 6.92 Å². The molecule has 0 bridgehead atoms. The van der Waals surface area contributed by atoms with E-state index < -0.39 is 5.63 Å². The predicted octanol–water partition coefficient (Wildman–Crippen LogP) is 3.72. The predicted molar refractivity (Wildman–Crippen MR) is 121 cm³/mol. The number of hydrogen-bond acceptors (Lipinski definition) is 8. The van der Waals surface area contributed by atoms with Gasteiger partial charge >= 0.3 is 11.6 Å². The molecule has 0 atom stereocenters. The van der Waals surface area contributed by atoms with Gasteiger partial charge in [-0.05, 0) is 50.1 Å². The maximum absolute atomic E-state index is 12.8. The first-order valence-corrected chi connectivity index (χ1v) is 11.1. The first kappa shape index (κ1) is 21.2. The summed E-state index contributed by atoms with van der Waals surface area (Å²) < 4.78 is 28.1. The molecule has 0 N–H and O–H groups in total. The summed E-state index contributed by atoms with van der Waals surface area (Å²) in [5.74, 6) is 1.80. The molecule has 1 aromatic heterocycles. The Morgan fingerprint density at radius 2 is 1.85 bits per heavy atom. The molecule has 172 valence electrons. The van der Waals surface area contributed by atoms with Crippen LogP contribution < -0.4 is 24.7 Å². The minimum absolute atomic E-state index is 0.136. The van der Waals surface area contributed by atoms with Crippen LogP contribution in [0.2, 0.25) is 0 Å². The monoisotopic (exact) mass is 451 g/mol. The van der Waals surface area contributed by atoms with Gasteiger partial charge in [0.25, 0.3) is 0 Å². The maximum Gasteiger partial charge on any atom is 0.339 e. The number of carbonyl (C=O) groups excluding carboxylic acids is 1. The molecule has 0 unspecified atom stereocenters. The van der Waals surface area contributed by atoms with Gasteiger partial charge in [-0.15, -0.1) is 0 Å². The van der Waals surface area contributed by atoms with Crippen molar-refractivity contribution >= 4 is 22.6 Å². The van der Waals surface area contributed by atoms with Crippen LogP contribution in [0.3, 0.4) is 0 Å². The van der Waals surface area contributed by atoms with E-state index in [2.05, 4.69) is 0 Å². The van der Waals surface area contributed by atoms with Crippen molar-refractivity contribution in [1.82, 2.24) is 0 Å². The number of anilines is 1. The summed E-state index contributed by atoms with van der Waals surface area (Å²) in [6, 6.07) is 9.59. The van der Waals surface area contributed by atoms with Crippen LogP contribution in [-0.4, -0.2) is 32.5 Å². The Labute approximate surface area is 190 Å². The standard InChI is InChI=1S/C25H25NO7/c1-3-29-23(27)9-6-18-15(2)17-5-8-20-19(24(17)33-25(18)28)13-26(14-32-20)16-4-7-21-22(12-16)31-11-10-30-21/h4-5,7-8,12H,3,6,9-11,13-14H2,1-2H3. The average molecular weight is 451 g/mol. The highest BCUT2D eigenvalue weighted by atomic mass is 16.6. The molecule has 3 aromatic rings. The van der Waals surface area contributed by atoms with Crippen molar-refractivity contribution in [3.63, 3.8) is 0 Å². The van der Waals surface area contributed by atoms with Crippen molar-refractivity contribution < 1.29 is 28.2 Å². The highest BCUT2D eigenvalue weighted by Crippen LogP contribution is 2.38. The molecule has 2 aliphatic rings. The molecule has 8 nitrogen and oxygen atoms in total. The Morgan fingerprint density at radius 3 is 2.67 bits per heavy atom. The minimum Gasteiger partial charge on any atom is -0.486 e. The summed E-state index contributed by atoms with van der Waals surface area (Å²) in [6.45, 7) is 5.88. The number of carbonyl (C=O) groups is 1. The summed E-state index contributed by atoms with van der Waals surface area (Å²) in [7, 11) is 0. The third kappa shape index (κ3) is 3.97. The van der Waals surface area contributed by atoms with Crippen molar-refractivity contribution in [2.45, 2.75) is 33.2 Å². The van der Waals surface area contributed by atoms with Gasteiger partial charge in [0.05, 0.1) is 18.7 Å². The van der Waals surface area contributed by atoms with Gasteiger partial charge in [0, 0.05) is 29.1 Å². The summed E-state index contributed by atoms with van der Waals surface area (Å²) in [4.78, 5) is 26.6. The Balaban J connectivity index is 1.47. The number of hydrogen-bond donors (Lipinski definition) is 0.